The van der Waals surface area contributed by atoms with Crippen LogP contribution >= 0.6 is 0 Å². The van der Waals surface area contributed by atoms with E-state index in [1.165, 1.54) is 0 Å². The number of ether oxygens (including phenoxy) is 18. The third-order valence-corrected chi connectivity index (χ3v) is 25.0. The molecule has 56 heteroatoms. The van der Waals surface area contributed by atoms with Crippen LogP contribution in [0.1, 0.15) is 51.2 Å². The van der Waals surface area contributed by atoms with Gasteiger partial charge in [0.05, 0.1) is 65.9 Å². The number of hydrogen-bond donors (Lipinski definition) is 31. The molecule has 46 atom stereocenters. The first-order valence-corrected chi connectivity index (χ1v) is 43.7. The number of fused-ring (bicyclic) bond motifs is 3. The molecule has 31 N–H and O–H groups in total. The number of aliphatic hydroxyl groups excluding tert-OH is 24. The molecule has 774 valence electrons. The van der Waals surface area contributed by atoms with E-state index in [1.54, 1.807) is 12.1 Å². The molecule has 0 radical (unpaired) electrons. The highest BCUT2D eigenvalue weighted by molar-refractivity contribution is 5.87. The number of alkyl carbamates (subject to hydrolysis) is 1. The van der Waals surface area contributed by atoms with Crippen molar-refractivity contribution in [3.63, 3.8) is 0 Å². The van der Waals surface area contributed by atoms with Crippen molar-refractivity contribution >= 4 is 41.6 Å². The molecule has 0 aromatic heterocycles. The van der Waals surface area contributed by atoms with Gasteiger partial charge >= 0.3 is 12.1 Å². The number of aliphatic carboxylic acids is 1. The average Bonchev–Trinajstić information content (AvgIpc) is 1.74. The van der Waals surface area contributed by atoms with Gasteiger partial charge in [0.15, 0.2) is 56.5 Å². The lowest BCUT2D eigenvalue weighted by molar-refractivity contribution is -0.398. The van der Waals surface area contributed by atoms with Gasteiger partial charge in [-0.1, -0.05) is 48.5 Å². The molecule has 137 heavy (non-hydrogen) atoms. The molecular weight excluding hydrogens is 1860 g/mol. The summed E-state index contributed by atoms with van der Waals surface area (Å²) in [5.41, 5.74) is 3.41. The number of nitrogens with one attached hydrogen (secondary N) is 6. The largest absolute Gasteiger partial charge is 0.480 e. The van der Waals surface area contributed by atoms with E-state index in [4.69, 9.17) is 85.3 Å². The Morgan fingerprint density at radius 2 is 0.620 bits per heavy atom. The quantitative estimate of drug-likeness (QED) is 0.0301. The van der Waals surface area contributed by atoms with Crippen LogP contribution in [0.4, 0.5) is 4.79 Å². The van der Waals surface area contributed by atoms with Crippen molar-refractivity contribution in [3.8, 4) is 11.1 Å². The monoisotopic (exact) mass is 1980 g/mol. The zero-order chi connectivity index (χ0) is 99.9. The topological polar surface area (TPSA) is 864 Å². The number of carboxylic acids is 1. The molecule has 0 saturated carbocycles. The van der Waals surface area contributed by atoms with Gasteiger partial charge in [0, 0.05) is 33.6 Å². The minimum atomic E-state index is -2.65. The molecular formula is C81H120N6O50. The van der Waals surface area contributed by atoms with Gasteiger partial charge in [0.25, 0.3) is 0 Å². The van der Waals surface area contributed by atoms with Crippen LogP contribution in [-0.2, 0) is 114 Å². The second-order valence-corrected chi connectivity index (χ2v) is 34.3. The molecule has 0 spiro atoms. The van der Waals surface area contributed by atoms with Crippen LogP contribution in [0, 0.1) is 0 Å². The van der Waals surface area contributed by atoms with Gasteiger partial charge in [-0.05, 0) is 22.3 Å². The Balaban J connectivity index is 0.821. The number of carbonyl (C=O) groups excluding carboxylic acids is 6. The minimum absolute atomic E-state index is 0.261. The Kier molecular flexibility index (Phi) is 38.0. The SMILES string of the molecule is CC(=O)NC1C(O)[C@H](O[C@@H]2OC(CO)[C@H](O)[C@H](O)C2O)[C@H](CO)O[C@H]1OC1[C@@H](OCC2O[C@@H](O[C@@H]3C(CO)O[C@@H](O[C@@H]4C(CO)O[C@@H](NC(=O)CC(NC(=O)OCC5c6ccccc6-c6ccccc65)C(=O)O)C(NC(C)=O)[C@H]4O)C(NC(C)=O)[C@H]3O)C(O)[C@@H](O[C@H]3OC(CO)[C@@H](O)C(O)C3O[C@@H]3OC(CO)[C@@H](O[C@@H]4OC(CO)[C@H](O)[C@H](O)C4O)[C@H](O)C3NC(C)=O)[C@@H]2O)OC(CO)[C@@H](O)[C@@H]1O. The molecule has 10 aliphatic rings. The molecule has 12 rings (SSSR count). The zero-order valence-corrected chi connectivity index (χ0v) is 73.4. The number of aliphatic hydroxyl groups is 24. The fourth-order valence-electron chi connectivity index (χ4n) is 18.0. The predicted molar refractivity (Wildman–Crippen MR) is 434 cm³/mol. The molecule has 0 bridgehead atoms. The highest BCUT2D eigenvalue weighted by Crippen LogP contribution is 2.46. The van der Waals surface area contributed by atoms with Crippen molar-refractivity contribution in [2.75, 3.05) is 66.1 Å². The maximum Gasteiger partial charge on any atom is 0.407 e. The molecule has 2 aromatic rings. The van der Waals surface area contributed by atoms with E-state index >= 15 is 0 Å². The van der Waals surface area contributed by atoms with E-state index in [0.717, 1.165) is 49.9 Å². The lowest BCUT2D eigenvalue weighted by Gasteiger charge is -2.51. The Morgan fingerprint density at radius 1 is 0.307 bits per heavy atom. The minimum Gasteiger partial charge on any atom is -0.480 e. The van der Waals surface area contributed by atoms with Gasteiger partial charge in [0.1, 0.15) is 232 Å². The van der Waals surface area contributed by atoms with Crippen molar-refractivity contribution in [1.29, 1.82) is 0 Å². The Labute approximate surface area is 776 Å². The van der Waals surface area contributed by atoms with Crippen molar-refractivity contribution in [3.05, 3.63) is 59.7 Å². The summed E-state index contributed by atoms with van der Waals surface area (Å²) < 4.78 is 108. The summed E-state index contributed by atoms with van der Waals surface area (Å²) in [5.74, 6) is -7.28. The lowest BCUT2D eigenvalue weighted by atomic mass is 9.93. The molecule has 6 amide bonds. The zero-order valence-electron chi connectivity index (χ0n) is 73.4. The fraction of sp³-hybridized carbons (Fsp3) is 0.765. The normalized spacial score (nSPS) is 42.6. The highest BCUT2D eigenvalue weighted by atomic mass is 16.8. The van der Waals surface area contributed by atoms with E-state index < -0.39 is 395 Å². The van der Waals surface area contributed by atoms with Gasteiger partial charge < -0.3 is 245 Å². The fourth-order valence-corrected chi connectivity index (χ4v) is 18.0. The summed E-state index contributed by atoms with van der Waals surface area (Å²) in [6, 6.07) is 4.83. The van der Waals surface area contributed by atoms with Gasteiger partial charge in [-0.25, -0.2) is 9.59 Å². The van der Waals surface area contributed by atoms with Gasteiger partial charge in [-0.15, -0.1) is 0 Å². The summed E-state index contributed by atoms with van der Waals surface area (Å²) in [5, 5.41) is 295. The maximum atomic E-state index is 13.9. The first-order valence-electron chi connectivity index (χ1n) is 43.7. The number of amides is 6. The number of hydrogen-bond acceptors (Lipinski definition) is 49. The van der Waals surface area contributed by atoms with Gasteiger partial charge in [-0.3, -0.25) is 24.0 Å². The average molecular weight is 1980 g/mol. The molecule has 1 aliphatic carbocycles. The Morgan fingerprint density at radius 3 is 1.01 bits per heavy atom. The second-order valence-electron chi connectivity index (χ2n) is 34.3. The van der Waals surface area contributed by atoms with Crippen molar-refractivity contribution in [1.82, 2.24) is 31.9 Å². The number of carboxylic acid groups (broad SMARTS) is 1. The molecule has 20 unspecified atom stereocenters. The van der Waals surface area contributed by atoms with Crippen LogP contribution in [0.3, 0.4) is 0 Å². The first kappa shape index (κ1) is 109. The molecule has 56 nitrogen and oxygen atoms in total. The summed E-state index contributed by atoms with van der Waals surface area (Å²) in [4.78, 5) is 92.2. The summed E-state index contributed by atoms with van der Waals surface area (Å²) in [6.45, 7) is -6.91. The van der Waals surface area contributed by atoms with Crippen LogP contribution in [0.5, 0.6) is 0 Å². The van der Waals surface area contributed by atoms with Crippen LogP contribution in [0.15, 0.2) is 48.5 Å². The molecule has 9 aliphatic heterocycles. The third-order valence-electron chi connectivity index (χ3n) is 25.0. The van der Waals surface area contributed by atoms with E-state index in [9.17, 15) is 161 Å². The van der Waals surface area contributed by atoms with Crippen LogP contribution < -0.4 is 31.9 Å². The molecule has 9 heterocycles. The molecule has 9 saturated heterocycles. The highest BCUT2D eigenvalue weighted by Gasteiger charge is 2.62. The predicted octanol–water partition coefficient (Wildman–Crippen LogP) is -17.5. The number of benzene rings is 2. The smallest absolute Gasteiger partial charge is 0.407 e. The van der Waals surface area contributed by atoms with Crippen LogP contribution in [0.2, 0.25) is 0 Å². The van der Waals surface area contributed by atoms with Gasteiger partial charge in [-0.2, -0.15) is 0 Å². The molecule has 9 fully saturated rings. The Hall–Kier alpha value is -7.11. The standard InChI is InChI=1S/C81H120N6O50/c1-24(96)82-44-53(106)64(38(18-92)122-71(44)87-43(100)13-33(72(117)118)86-81(119)121-22-32-30-11-7-5-9-28(30)29-10-6-8-12-31(29)32)131-73-45(83-25(2)97)54(107)67(41(21-95)127-73)134-78-63(116)68(135-80-70(60(113)51(104)37(17-91)126-80)137-75-47(85-27(4)99)56(109)66(40(20-94)129-75)133-77-62(115)58(111)49(102)35(15-89)124-77)52(105)42(130-78)23-120-79-69(59(112)50(103)36(16-90)125-79)136-74-46(84-26(3)98)55(108)65(39(19-93)128-74)132-76-61(114)57(110)48(101)34(14-88)123-76/h5-12,32-42,44-71,73-80,88-95,101-116H,13-23H2,1-4H3,(H,82,96)(H,83,97)(H,84,98)(H,85,99)(H,86,119)(H,87,100)(H,117,118)/t33?,34?,35?,36?,37?,38?,39-,40?,41?,42?,44?,45?,46?,47?,48-,49-,50+,51+,52+,53+,54+,55?,56+,57-,58-,59-,60?,61?,62?,63?,64+,65+,66+,67+,68-,69?,70?,71+,73-,74-,75-,76-,77-,78-,79-,80+/m0/s1. The van der Waals surface area contributed by atoms with Crippen molar-refractivity contribution in [2.45, 2.75) is 322 Å². The maximum absolute atomic E-state index is 13.9. The first-order chi connectivity index (χ1) is 65.1. The summed E-state index contributed by atoms with van der Waals surface area (Å²) >= 11 is 0. The van der Waals surface area contributed by atoms with E-state index in [-0.39, 0.29) is 6.61 Å². The molecule has 2 aromatic carbocycles. The van der Waals surface area contributed by atoms with Gasteiger partial charge in [0.2, 0.25) is 29.5 Å². The van der Waals surface area contributed by atoms with Crippen molar-refractivity contribution < 1.29 is 246 Å². The number of rotatable bonds is 36. The van der Waals surface area contributed by atoms with E-state index in [1.807, 2.05) is 36.4 Å². The second kappa shape index (κ2) is 47.9. The van der Waals surface area contributed by atoms with Crippen LogP contribution in [-0.4, -0.2) is 517 Å². The Bertz CT molecular complexity index is 4250. The third kappa shape index (κ3) is 24.2. The van der Waals surface area contributed by atoms with Crippen molar-refractivity contribution in [2.24, 2.45) is 0 Å². The van der Waals surface area contributed by atoms with E-state index in [0.29, 0.717) is 0 Å². The number of carbonyl (C=O) groups is 7. The van der Waals surface area contributed by atoms with Crippen LogP contribution in [0.25, 0.3) is 11.1 Å². The summed E-state index contributed by atoms with van der Waals surface area (Å²) in [7, 11) is 0. The summed E-state index contributed by atoms with van der Waals surface area (Å²) in [6.07, 6.45) is -90.0. The lowest BCUT2D eigenvalue weighted by Crippen LogP contribution is -2.72. The van der Waals surface area contributed by atoms with E-state index in [2.05, 4.69) is 31.9 Å².